The van der Waals surface area contributed by atoms with Crippen molar-refractivity contribution in [3.05, 3.63) is 131 Å². The summed E-state index contributed by atoms with van der Waals surface area (Å²) < 4.78 is 1.05. The standard InChI is InChI=1S/C25H26N.C11H7BrN.CH4.Ir/c1-24(2)13-14-25(3,4)22-16-20(10-11-21(22)24)23-17-19(12-15-26-23)18-8-6-5-7-9-18;12-10-5-3-4-9(8-10)11-6-1-2-7-13-11;;/h5-9,11-12,15-17H,13-14H2,1-4H3;1-3,5-8H;1H4;/q2*-1;;. The Labute approximate surface area is 268 Å². The second kappa shape index (κ2) is 13.8. The first-order valence-electron chi connectivity index (χ1n) is 13.4. The predicted molar refractivity (Wildman–Crippen MR) is 172 cm³/mol. The third kappa shape index (κ3) is 7.68. The third-order valence-electron chi connectivity index (χ3n) is 7.63. The van der Waals surface area contributed by atoms with Crippen molar-refractivity contribution in [2.45, 2.75) is 58.8 Å². The zero-order valence-corrected chi connectivity index (χ0v) is 27.3. The Hall–Kier alpha value is -2.91. The van der Waals surface area contributed by atoms with Gasteiger partial charge in [0.2, 0.25) is 0 Å². The Bertz CT molecular complexity index is 1560. The van der Waals surface area contributed by atoms with Crippen molar-refractivity contribution in [3.8, 4) is 33.6 Å². The van der Waals surface area contributed by atoms with Crippen molar-refractivity contribution in [3.63, 3.8) is 0 Å². The second-order valence-electron chi connectivity index (χ2n) is 11.4. The summed E-state index contributed by atoms with van der Waals surface area (Å²) in [5.41, 5.74) is 9.77. The Morgan fingerprint density at radius 1 is 0.659 bits per heavy atom. The summed E-state index contributed by atoms with van der Waals surface area (Å²) in [6.45, 7) is 9.42. The molecule has 1 aliphatic carbocycles. The quantitative estimate of drug-likeness (QED) is 0.170. The molecule has 0 saturated heterocycles. The van der Waals surface area contributed by atoms with Crippen LogP contribution in [0.25, 0.3) is 33.6 Å². The molecule has 2 heterocycles. The van der Waals surface area contributed by atoms with Crippen molar-refractivity contribution in [1.29, 1.82) is 0 Å². The topological polar surface area (TPSA) is 25.8 Å². The molecule has 5 aromatic rings. The number of hydrogen-bond donors (Lipinski definition) is 0. The Kier molecular flexibility index (Phi) is 11.0. The van der Waals surface area contributed by atoms with Crippen LogP contribution in [-0.2, 0) is 30.9 Å². The normalized spacial score (nSPS) is 14.3. The molecule has 0 spiro atoms. The Balaban J connectivity index is 0.000000262. The van der Waals surface area contributed by atoms with Gasteiger partial charge in [0.05, 0.1) is 0 Å². The fourth-order valence-corrected chi connectivity index (χ4v) is 5.51. The van der Waals surface area contributed by atoms with E-state index in [0.29, 0.717) is 0 Å². The van der Waals surface area contributed by atoms with Crippen LogP contribution in [-0.4, -0.2) is 9.97 Å². The number of pyridine rings is 2. The molecule has 0 fully saturated rings. The van der Waals surface area contributed by atoms with E-state index in [1.165, 1.54) is 35.1 Å². The summed E-state index contributed by atoms with van der Waals surface area (Å²) >= 11 is 3.41. The molecule has 1 radical (unpaired) electrons. The van der Waals surface area contributed by atoms with Gasteiger partial charge in [-0.05, 0) is 51.9 Å². The molecule has 0 amide bonds. The SMILES string of the molecule is Brc1cc[c-]c(-c2ccccn2)c1.C.CC1(C)CCC(C)(C)c2cc(-c3cc(-c4ccccc4)ccn3)[c-]cc21.[Ir]. The number of benzene rings is 3. The molecule has 41 heavy (non-hydrogen) atoms. The molecule has 0 atom stereocenters. The van der Waals surface area contributed by atoms with Crippen LogP contribution in [0, 0.1) is 12.1 Å². The van der Waals surface area contributed by atoms with Gasteiger partial charge in [0.15, 0.2) is 0 Å². The molecule has 213 valence electrons. The van der Waals surface area contributed by atoms with Gasteiger partial charge >= 0.3 is 0 Å². The maximum atomic E-state index is 4.64. The van der Waals surface area contributed by atoms with Crippen LogP contribution < -0.4 is 0 Å². The van der Waals surface area contributed by atoms with Crippen LogP contribution >= 0.6 is 15.9 Å². The van der Waals surface area contributed by atoms with Crippen LogP contribution in [0.15, 0.2) is 108 Å². The van der Waals surface area contributed by atoms with Crippen molar-refractivity contribution >= 4 is 15.9 Å². The van der Waals surface area contributed by atoms with E-state index in [2.05, 4.69) is 114 Å². The molecule has 2 nitrogen and oxygen atoms in total. The number of rotatable bonds is 3. The number of halogens is 1. The second-order valence-corrected chi connectivity index (χ2v) is 12.3. The number of hydrogen-bond acceptors (Lipinski definition) is 2. The van der Waals surface area contributed by atoms with E-state index in [9.17, 15) is 0 Å². The van der Waals surface area contributed by atoms with Crippen molar-refractivity contribution in [2.24, 2.45) is 0 Å². The van der Waals surface area contributed by atoms with Crippen molar-refractivity contribution < 1.29 is 20.1 Å². The number of nitrogens with zero attached hydrogens (tertiary/aromatic N) is 2. The van der Waals surface area contributed by atoms with E-state index in [4.69, 9.17) is 0 Å². The fourth-order valence-electron chi connectivity index (χ4n) is 5.15. The van der Waals surface area contributed by atoms with Gasteiger partial charge in [0.25, 0.3) is 0 Å². The molecular formula is C37H37BrIrN2-2. The Morgan fingerprint density at radius 2 is 1.32 bits per heavy atom. The molecule has 3 aromatic carbocycles. The molecule has 0 unspecified atom stereocenters. The van der Waals surface area contributed by atoms with Gasteiger partial charge in [-0.25, -0.2) is 0 Å². The maximum Gasteiger partial charge on any atom is 0.0166 e. The van der Waals surface area contributed by atoms with Crippen LogP contribution in [0.2, 0.25) is 0 Å². The summed E-state index contributed by atoms with van der Waals surface area (Å²) in [6, 6.07) is 37.6. The monoisotopic (exact) mass is 781 g/mol. The summed E-state index contributed by atoms with van der Waals surface area (Å²) in [4.78, 5) is 8.87. The number of fused-ring (bicyclic) bond motifs is 1. The van der Waals surface area contributed by atoms with Crippen molar-refractivity contribution in [1.82, 2.24) is 9.97 Å². The molecule has 4 heteroatoms. The fraction of sp³-hybridized carbons (Fsp3) is 0.243. The van der Waals surface area contributed by atoms with Gasteiger partial charge in [0.1, 0.15) is 0 Å². The molecule has 0 bridgehead atoms. The zero-order chi connectivity index (χ0) is 27.5. The molecule has 2 aromatic heterocycles. The summed E-state index contributed by atoms with van der Waals surface area (Å²) in [7, 11) is 0. The molecule has 0 N–H and O–H groups in total. The summed E-state index contributed by atoms with van der Waals surface area (Å²) in [5.74, 6) is 0. The molecule has 6 rings (SSSR count). The smallest absolute Gasteiger partial charge is 0.0166 e. The van der Waals surface area contributed by atoms with Crippen LogP contribution in [0.5, 0.6) is 0 Å². The average Bonchev–Trinajstić information content (AvgIpc) is 2.97. The van der Waals surface area contributed by atoms with Crippen LogP contribution in [0.1, 0.15) is 59.1 Å². The largest absolute Gasteiger partial charge is 0.305 e. The first-order valence-corrected chi connectivity index (χ1v) is 14.2. The first-order chi connectivity index (χ1) is 18.7. The minimum absolute atomic E-state index is 0. The van der Waals surface area contributed by atoms with Crippen molar-refractivity contribution in [2.75, 3.05) is 0 Å². The summed E-state index contributed by atoms with van der Waals surface area (Å²) in [5, 5.41) is 0. The predicted octanol–water partition coefficient (Wildman–Crippen LogP) is 10.5. The van der Waals surface area contributed by atoms with Gasteiger partial charge in [-0.1, -0.05) is 110 Å². The van der Waals surface area contributed by atoms with E-state index < -0.39 is 0 Å². The minimum atomic E-state index is 0. The Morgan fingerprint density at radius 3 is 2.00 bits per heavy atom. The van der Waals surface area contributed by atoms with Gasteiger partial charge in [0, 0.05) is 32.5 Å². The van der Waals surface area contributed by atoms with Gasteiger partial charge in [-0.15, -0.1) is 64.7 Å². The van der Waals surface area contributed by atoms with Gasteiger partial charge in [-0.2, -0.15) is 0 Å². The van der Waals surface area contributed by atoms with Crippen LogP contribution in [0.4, 0.5) is 0 Å². The summed E-state index contributed by atoms with van der Waals surface area (Å²) in [6.07, 6.45) is 6.12. The van der Waals surface area contributed by atoms with E-state index in [-0.39, 0.29) is 38.4 Å². The third-order valence-corrected chi connectivity index (χ3v) is 8.12. The van der Waals surface area contributed by atoms with E-state index in [1.54, 1.807) is 6.20 Å². The van der Waals surface area contributed by atoms with E-state index in [1.807, 2.05) is 48.7 Å². The van der Waals surface area contributed by atoms with E-state index in [0.717, 1.165) is 27.0 Å². The minimum Gasteiger partial charge on any atom is -0.305 e. The van der Waals surface area contributed by atoms with Crippen LogP contribution in [0.3, 0.4) is 0 Å². The average molecular weight is 782 g/mol. The molecule has 1 aliphatic rings. The van der Waals surface area contributed by atoms with Gasteiger partial charge in [-0.3, -0.25) is 0 Å². The molecule has 0 saturated carbocycles. The maximum absolute atomic E-state index is 4.64. The molecule has 0 aliphatic heterocycles. The first kappa shape index (κ1) is 32.6. The number of aromatic nitrogens is 2. The van der Waals surface area contributed by atoms with Gasteiger partial charge < -0.3 is 9.97 Å². The van der Waals surface area contributed by atoms with E-state index >= 15 is 0 Å². The zero-order valence-electron chi connectivity index (χ0n) is 23.3. The molecular weight excluding hydrogens is 745 g/mol.